The first kappa shape index (κ1) is 42.2. The minimum absolute atomic E-state index is 0.0792. The summed E-state index contributed by atoms with van der Waals surface area (Å²) in [6.07, 6.45) is 25.5. The minimum Gasteiger partial charge on any atom is -0.387 e. The van der Waals surface area contributed by atoms with Crippen LogP contribution in [0.1, 0.15) is 156 Å². The smallest absolute Gasteiger partial charge is 0.387 e. The monoisotopic (exact) mass is 632 g/mol. The van der Waals surface area contributed by atoms with Gasteiger partial charge in [-0.3, -0.25) is 13.8 Å². The number of nitrogens with one attached hydrogen (secondary N) is 1. The predicted molar refractivity (Wildman–Crippen MR) is 180 cm³/mol. The number of carbonyl (C=O) groups excluding carboxylic acids is 1. The van der Waals surface area contributed by atoms with Crippen molar-refractivity contribution in [2.24, 2.45) is 17.6 Å². The molecule has 0 aromatic rings. The topological polar surface area (TPSA) is 131 Å². The van der Waals surface area contributed by atoms with Gasteiger partial charge in [0.2, 0.25) is 5.91 Å². The normalized spacial score (nSPS) is 14.9. The maximum absolute atomic E-state index is 12.6. The molecule has 3 unspecified atom stereocenters. The average molecular weight is 633 g/mol. The summed E-state index contributed by atoms with van der Waals surface area (Å²) in [6, 6.07) is -0.854. The van der Waals surface area contributed by atoms with Gasteiger partial charge in [-0.05, 0) is 31.1 Å². The van der Waals surface area contributed by atoms with Gasteiger partial charge in [-0.1, -0.05) is 143 Å². The fourth-order valence-corrected chi connectivity index (χ4v) is 5.79. The van der Waals surface area contributed by atoms with Crippen LogP contribution in [0.3, 0.4) is 0 Å². The van der Waals surface area contributed by atoms with E-state index < -0.39 is 20.0 Å². The molecule has 8 nitrogen and oxygen atoms in total. The van der Waals surface area contributed by atoms with Gasteiger partial charge < -0.3 is 21.1 Å². The van der Waals surface area contributed by atoms with Crippen molar-refractivity contribution in [2.75, 3.05) is 19.8 Å². The fraction of sp³-hybridized carbons (Fsp3) is 0.912. The van der Waals surface area contributed by atoms with Crippen LogP contribution < -0.4 is 11.1 Å². The summed E-state index contributed by atoms with van der Waals surface area (Å²) in [4.78, 5) is 22.5. The molecule has 9 heteroatoms. The van der Waals surface area contributed by atoms with Crippen LogP contribution in [-0.4, -0.2) is 47.8 Å². The summed E-state index contributed by atoms with van der Waals surface area (Å²) in [7, 11) is -4.32. The highest BCUT2D eigenvalue weighted by atomic mass is 31.2. The molecule has 0 saturated heterocycles. The Bertz CT molecular complexity index is 719. The quantitative estimate of drug-likeness (QED) is 0.0342. The van der Waals surface area contributed by atoms with Crippen molar-refractivity contribution in [3.63, 3.8) is 0 Å². The molecule has 0 rings (SSSR count). The Kier molecular flexibility index (Phi) is 28.2. The van der Waals surface area contributed by atoms with E-state index in [-0.39, 0.29) is 25.7 Å². The van der Waals surface area contributed by atoms with Crippen molar-refractivity contribution in [2.45, 2.75) is 168 Å². The Labute approximate surface area is 265 Å². The lowest BCUT2D eigenvalue weighted by Crippen LogP contribution is -2.45. The molecule has 0 heterocycles. The van der Waals surface area contributed by atoms with Gasteiger partial charge in [0.25, 0.3) is 0 Å². The Morgan fingerprint density at radius 3 is 1.72 bits per heavy atom. The number of hydrogen-bond acceptors (Lipinski definition) is 6. The van der Waals surface area contributed by atoms with Crippen LogP contribution >= 0.6 is 7.82 Å². The van der Waals surface area contributed by atoms with Crippen LogP contribution in [0.25, 0.3) is 0 Å². The zero-order valence-electron chi connectivity index (χ0n) is 28.3. The van der Waals surface area contributed by atoms with Crippen molar-refractivity contribution in [3.8, 4) is 0 Å². The molecule has 0 spiro atoms. The summed E-state index contributed by atoms with van der Waals surface area (Å²) in [6.45, 7) is 8.72. The molecule has 0 aromatic carbocycles. The lowest BCUT2D eigenvalue weighted by atomic mass is 10.0. The number of aliphatic hydroxyl groups excluding tert-OH is 1. The highest BCUT2D eigenvalue weighted by Crippen LogP contribution is 2.43. The molecule has 256 valence electrons. The van der Waals surface area contributed by atoms with E-state index in [1.54, 1.807) is 6.08 Å². The molecule has 0 bridgehead atoms. The maximum Gasteiger partial charge on any atom is 0.472 e. The van der Waals surface area contributed by atoms with E-state index in [2.05, 4.69) is 33.0 Å². The number of hydrogen-bond donors (Lipinski definition) is 4. The van der Waals surface area contributed by atoms with Crippen molar-refractivity contribution in [1.29, 1.82) is 0 Å². The Balaban J connectivity index is 4.39. The minimum atomic E-state index is -4.32. The first-order valence-corrected chi connectivity index (χ1v) is 19.0. The largest absolute Gasteiger partial charge is 0.472 e. The molecule has 0 aliphatic carbocycles. The number of rotatable bonds is 31. The Hall–Kier alpha value is -0.760. The molecule has 5 N–H and O–H groups in total. The molecule has 0 aliphatic heterocycles. The van der Waals surface area contributed by atoms with Crippen LogP contribution in [0.5, 0.6) is 0 Å². The summed E-state index contributed by atoms with van der Waals surface area (Å²) in [5, 5.41) is 13.6. The van der Waals surface area contributed by atoms with Gasteiger partial charge in [0.05, 0.1) is 25.4 Å². The summed E-state index contributed by atoms with van der Waals surface area (Å²) >= 11 is 0. The van der Waals surface area contributed by atoms with E-state index >= 15 is 0 Å². The predicted octanol–water partition coefficient (Wildman–Crippen LogP) is 8.59. The second kappa shape index (κ2) is 28.7. The van der Waals surface area contributed by atoms with E-state index in [0.717, 1.165) is 50.4 Å². The third-order valence-electron chi connectivity index (χ3n) is 7.72. The van der Waals surface area contributed by atoms with E-state index in [1.165, 1.54) is 83.5 Å². The standard InChI is InChI=1S/C34H69N2O6P/c1-30(2)23-19-15-11-7-5-9-13-17-21-25-33(37)32(29-42-43(39,40)41-28-27-35)36-34(38)26-22-18-14-10-6-8-12-16-20-24-31(3)4/h21,25,30-33,37H,5-20,22-24,26-29,35H2,1-4H3,(H,36,38)(H,39,40). The fourth-order valence-electron chi connectivity index (χ4n) is 5.03. The first-order chi connectivity index (χ1) is 20.6. The molecule has 0 aromatic heterocycles. The second-order valence-corrected chi connectivity index (χ2v) is 14.5. The van der Waals surface area contributed by atoms with Crippen LogP contribution in [0.15, 0.2) is 12.2 Å². The summed E-state index contributed by atoms with van der Waals surface area (Å²) in [5.41, 5.74) is 5.34. The number of carbonyl (C=O) groups is 1. The number of phosphoric acid groups is 1. The third-order valence-corrected chi connectivity index (χ3v) is 8.70. The lowest BCUT2D eigenvalue weighted by Gasteiger charge is -2.23. The van der Waals surface area contributed by atoms with Crippen LogP contribution in [0.2, 0.25) is 0 Å². The van der Waals surface area contributed by atoms with Gasteiger partial charge in [0, 0.05) is 13.0 Å². The van der Waals surface area contributed by atoms with Crippen LogP contribution in [-0.2, 0) is 18.4 Å². The van der Waals surface area contributed by atoms with Gasteiger partial charge in [0.15, 0.2) is 0 Å². The number of aliphatic hydroxyl groups is 1. The lowest BCUT2D eigenvalue weighted by molar-refractivity contribution is -0.123. The molecular weight excluding hydrogens is 563 g/mol. The van der Waals surface area contributed by atoms with Gasteiger partial charge in [-0.2, -0.15) is 0 Å². The molecular formula is C34H69N2O6P. The zero-order chi connectivity index (χ0) is 32.2. The Morgan fingerprint density at radius 2 is 1.23 bits per heavy atom. The number of allylic oxidation sites excluding steroid dienone is 1. The van der Waals surface area contributed by atoms with Gasteiger partial charge in [-0.15, -0.1) is 0 Å². The number of amides is 1. The second-order valence-electron chi connectivity index (χ2n) is 13.0. The average Bonchev–Trinajstić information content (AvgIpc) is 2.95. The molecule has 0 saturated carbocycles. The number of phosphoric ester groups is 1. The molecule has 3 atom stereocenters. The molecule has 1 amide bonds. The van der Waals surface area contributed by atoms with Gasteiger partial charge in [0.1, 0.15) is 0 Å². The van der Waals surface area contributed by atoms with Crippen LogP contribution in [0.4, 0.5) is 0 Å². The van der Waals surface area contributed by atoms with Crippen molar-refractivity contribution in [3.05, 3.63) is 12.2 Å². The van der Waals surface area contributed by atoms with E-state index in [4.69, 9.17) is 14.8 Å². The highest BCUT2D eigenvalue weighted by molar-refractivity contribution is 7.47. The Morgan fingerprint density at radius 1 is 0.767 bits per heavy atom. The van der Waals surface area contributed by atoms with Crippen LogP contribution in [0, 0.1) is 11.8 Å². The SMILES string of the molecule is CC(C)CCCCCCCCCC=CC(O)C(COP(=O)(O)OCCN)NC(=O)CCCCCCCCCCCC(C)C. The molecule has 0 radical (unpaired) electrons. The zero-order valence-corrected chi connectivity index (χ0v) is 29.2. The van der Waals surface area contributed by atoms with Gasteiger partial charge >= 0.3 is 7.82 Å². The van der Waals surface area contributed by atoms with E-state index in [9.17, 15) is 19.4 Å². The number of unbranched alkanes of at least 4 members (excludes halogenated alkanes) is 15. The highest BCUT2D eigenvalue weighted by Gasteiger charge is 2.26. The van der Waals surface area contributed by atoms with E-state index in [0.29, 0.717) is 6.42 Å². The first-order valence-electron chi connectivity index (χ1n) is 17.5. The number of nitrogens with two attached hydrogens (primary N) is 1. The molecule has 0 fully saturated rings. The molecule has 0 aliphatic rings. The summed E-state index contributed by atoms with van der Waals surface area (Å²) in [5.74, 6) is 1.39. The van der Waals surface area contributed by atoms with Crippen molar-refractivity contribution < 1.29 is 28.4 Å². The van der Waals surface area contributed by atoms with Crippen molar-refractivity contribution >= 4 is 13.7 Å². The van der Waals surface area contributed by atoms with E-state index in [1.807, 2.05) is 6.08 Å². The van der Waals surface area contributed by atoms with Crippen molar-refractivity contribution in [1.82, 2.24) is 5.32 Å². The maximum atomic E-state index is 12.6. The molecule has 43 heavy (non-hydrogen) atoms. The summed E-state index contributed by atoms with van der Waals surface area (Å²) < 4.78 is 22.0. The third kappa shape index (κ3) is 29.7. The van der Waals surface area contributed by atoms with Gasteiger partial charge in [-0.25, -0.2) is 4.57 Å².